The van der Waals surface area contributed by atoms with Crippen molar-refractivity contribution in [2.75, 3.05) is 32.7 Å². The van der Waals surface area contributed by atoms with Crippen molar-refractivity contribution in [2.24, 2.45) is 5.92 Å². The monoisotopic (exact) mass is 548 g/mol. The van der Waals surface area contributed by atoms with Gasteiger partial charge in [-0.2, -0.15) is 0 Å². The summed E-state index contributed by atoms with van der Waals surface area (Å²) in [5.74, 6) is 0.231. The molecule has 2 aromatic rings. The molecule has 0 fully saturated rings. The van der Waals surface area contributed by atoms with Crippen LogP contribution >= 0.6 is 7.60 Å². The standard InChI is InChI=1S/C28H41N2O7P/c1-6-34-27(31)26(18-23-14-16-25(17-15-23)35-20-24-12-10-9-11-13-24)29-28(32)30(19-22(4)5)21-38(33,36-7-2)37-8-3/h9-17,22,26H,6-8,18-21H2,1-5H3,(H,29,32)/t26-/m0/s1. The molecule has 9 nitrogen and oxygen atoms in total. The van der Waals surface area contributed by atoms with E-state index in [-0.39, 0.29) is 38.4 Å². The van der Waals surface area contributed by atoms with E-state index in [0.717, 1.165) is 11.1 Å². The largest absolute Gasteiger partial charge is 0.489 e. The fourth-order valence-corrected chi connectivity index (χ4v) is 5.43. The Morgan fingerprint density at radius 2 is 1.53 bits per heavy atom. The van der Waals surface area contributed by atoms with Crippen molar-refractivity contribution in [2.45, 2.75) is 53.7 Å². The van der Waals surface area contributed by atoms with E-state index in [2.05, 4.69) is 5.32 Å². The molecule has 10 heteroatoms. The van der Waals surface area contributed by atoms with Crippen LogP contribution in [-0.4, -0.2) is 55.6 Å². The Balaban J connectivity index is 2.13. The lowest BCUT2D eigenvalue weighted by Crippen LogP contribution is -2.50. The Morgan fingerprint density at radius 3 is 2.08 bits per heavy atom. The third-order valence-corrected chi connectivity index (χ3v) is 7.34. The fourth-order valence-electron chi connectivity index (χ4n) is 3.74. The molecule has 0 spiro atoms. The van der Waals surface area contributed by atoms with Crippen molar-refractivity contribution in [3.63, 3.8) is 0 Å². The number of esters is 1. The van der Waals surface area contributed by atoms with Crippen LogP contribution < -0.4 is 10.1 Å². The second kappa shape index (κ2) is 16.2. The van der Waals surface area contributed by atoms with E-state index in [0.29, 0.717) is 18.9 Å². The Hall–Kier alpha value is -2.87. The van der Waals surface area contributed by atoms with Gasteiger partial charge in [-0.3, -0.25) is 4.57 Å². The van der Waals surface area contributed by atoms with Gasteiger partial charge in [-0.25, -0.2) is 9.59 Å². The first-order valence-corrected chi connectivity index (χ1v) is 14.8. The average molecular weight is 549 g/mol. The molecule has 0 heterocycles. The number of ether oxygens (including phenoxy) is 2. The molecule has 1 atom stereocenters. The van der Waals surface area contributed by atoms with Gasteiger partial charge in [0.2, 0.25) is 0 Å². The highest BCUT2D eigenvalue weighted by Crippen LogP contribution is 2.48. The zero-order valence-corrected chi connectivity index (χ0v) is 23.9. The zero-order valence-electron chi connectivity index (χ0n) is 23.1. The molecule has 1 N–H and O–H groups in total. The van der Waals surface area contributed by atoms with Crippen LogP contribution in [0.25, 0.3) is 0 Å². The van der Waals surface area contributed by atoms with Crippen LogP contribution in [0.5, 0.6) is 5.75 Å². The lowest BCUT2D eigenvalue weighted by Gasteiger charge is -2.30. The highest BCUT2D eigenvalue weighted by molar-refractivity contribution is 7.53. The van der Waals surface area contributed by atoms with Crippen molar-refractivity contribution < 1.29 is 32.7 Å². The number of urea groups is 1. The van der Waals surface area contributed by atoms with E-state index in [9.17, 15) is 14.2 Å². The zero-order chi connectivity index (χ0) is 28.0. The number of rotatable bonds is 16. The van der Waals surface area contributed by atoms with Crippen molar-refractivity contribution in [1.82, 2.24) is 10.2 Å². The van der Waals surface area contributed by atoms with Crippen LogP contribution in [0, 0.1) is 5.92 Å². The molecular formula is C28H41N2O7P. The quantitative estimate of drug-likeness (QED) is 0.214. The van der Waals surface area contributed by atoms with Gasteiger partial charge in [0.1, 0.15) is 24.7 Å². The molecule has 2 amide bonds. The molecule has 210 valence electrons. The van der Waals surface area contributed by atoms with Gasteiger partial charge in [0.25, 0.3) is 0 Å². The summed E-state index contributed by atoms with van der Waals surface area (Å²) >= 11 is 0. The van der Waals surface area contributed by atoms with Crippen LogP contribution in [0.3, 0.4) is 0 Å². The number of hydrogen-bond donors (Lipinski definition) is 1. The highest BCUT2D eigenvalue weighted by atomic mass is 31.2. The van der Waals surface area contributed by atoms with Crippen LogP contribution in [0.4, 0.5) is 4.79 Å². The highest BCUT2D eigenvalue weighted by Gasteiger charge is 2.32. The van der Waals surface area contributed by atoms with E-state index in [4.69, 9.17) is 18.5 Å². The average Bonchev–Trinajstić information content (AvgIpc) is 2.88. The number of nitrogens with zero attached hydrogens (tertiary/aromatic N) is 1. The third-order valence-electron chi connectivity index (χ3n) is 5.35. The molecule has 0 bridgehead atoms. The summed E-state index contributed by atoms with van der Waals surface area (Å²) in [6.07, 6.45) is -0.00464. The summed E-state index contributed by atoms with van der Waals surface area (Å²) in [6, 6.07) is 15.7. The van der Waals surface area contributed by atoms with Crippen molar-refractivity contribution in [3.05, 3.63) is 65.7 Å². The molecule has 0 aliphatic rings. The summed E-state index contributed by atoms with van der Waals surface area (Å²) < 4.78 is 35.0. The van der Waals surface area contributed by atoms with Gasteiger partial charge in [-0.15, -0.1) is 0 Å². The number of amides is 2. The van der Waals surface area contributed by atoms with Crippen LogP contribution in [-0.2, 0) is 36.2 Å². The van der Waals surface area contributed by atoms with Gasteiger partial charge in [0.05, 0.1) is 19.8 Å². The van der Waals surface area contributed by atoms with Gasteiger partial charge in [-0.05, 0) is 49.9 Å². The maximum Gasteiger partial charge on any atom is 0.349 e. The predicted octanol–water partition coefficient (Wildman–Crippen LogP) is 5.63. The number of carbonyl (C=O) groups is 2. The van der Waals surface area contributed by atoms with Crippen molar-refractivity contribution in [3.8, 4) is 5.75 Å². The first-order valence-electron chi connectivity index (χ1n) is 13.1. The minimum absolute atomic E-state index is 0.0851. The van der Waals surface area contributed by atoms with Gasteiger partial charge < -0.3 is 28.7 Å². The van der Waals surface area contributed by atoms with E-state index in [1.54, 1.807) is 20.8 Å². The molecule has 2 aromatic carbocycles. The molecule has 0 unspecified atom stereocenters. The topological polar surface area (TPSA) is 103 Å². The molecule has 0 radical (unpaired) electrons. The first kappa shape index (κ1) is 31.3. The second-order valence-corrected chi connectivity index (χ2v) is 11.1. The lowest BCUT2D eigenvalue weighted by atomic mass is 10.1. The normalized spacial score (nSPS) is 12.2. The molecule has 38 heavy (non-hydrogen) atoms. The van der Waals surface area contributed by atoms with Gasteiger partial charge >= 0.3 is 19.6 Å². The smallest absolute Gasteiger partial charge is 0.349 e. The van der Waals surface area contributed by atoms with Crippen LogP contribution in [0.1, 0.15) is 45.7 Å². The van der Waals surface area contributed by atoms with E-state index in [1.165, 1.54) is 4.90 Å². The SMILES string of the molecule is CCOC(=O)[C@H](Cc1ccc(OCc2ccccc2)cc1)NC(=O)N(CC(C)C)CP(=O)(OCC)OCC. The summed E-state index contributed by atoms with van der Waals surface area (Å²) in [7, 11) is -3.53. The minimum Gasteiger partial charge on any atom is -0.489 e. The number of benzene rings is 2. The van der Waals surface area contributed by atoms with Gasteiger partial charge in [0, 0.05) is 13.0 Å². The first-order chi connectivity index (χ1) is 18.2. The van der Waals surface area contributed by atoms with Gasteiger partial charge in [-0.1, -0.05) is 56.3 Å². The Bertz CT molecular complexity index is 1020. The lowest BCUT2D eigenvalue weighted by molar-refractivity contribution is -0.145. The third kappa shape index (κ3) is 10.9. The predicted molar refractivity (Wildman–Crippen MR) is 147 cm³/mol. The van der Waals surface area contributed by atoms with E-state index in [1.807, 2.05) is 68.4 Å². The summed E-state index contributed by atoms with van der Waals surface area (Å²) in [6.45, 7) is 10.3. The molecule has 0 saturated heterocycles. The Morgan fingerprint density at radius 1 is 0.895 bits per heavy atom. The van der Waals surface area contributed by atoms with Crippen molar-refractivity contribution in [1.29, 1.82) is 0 Å². The Kier molecular flexibility index (Phi) is 13.3. The van der Waals surface area contributed by atoms with Crippen molar-refractivity contribution >= 4 is 19.6 Å². The van der Waals surface area contributed by atoms with Gasteiger partial charge in [0.15, 0.2) is 0 Å². The molecule has 0 aliphatic carbocycles. The molecule has 0 saturated carbocycles. The number of hydrogen-bond acceptors (Lipinski definition) is 7. The fraction of sp³-hybridized carbons (Fsp3) is 0.500. The summed E-state index contributed by atoms with van der Waals surface area (Å²) in [4.78, 5) is 27.4. The number of nitrogens with one attached hydrogen (secondary N) is 1. The maximum atomic E-state index is 13.3. The molecule has 0 aliphatic heterocycles. The number of carbonyl (C=O) groups excluding carboxylic acids is 2. The Labute approximate surface area is 226 Å². The summed E-state index contributed by atoms with van der Waals surface area (Å²) in [5, 5.41) is 2.77. The van der Waals surface area contributed by atoms with Crippen LogP contribution in [0.2, 0.25) is 0 Å². The summed E-state index contributed by atoms with van der Waals surface area (Å²) in [5.41, 5.74) is 1.88. The maximum absolute atomic E-state index is 13.3. The molecule has 0 aromatic heterocycles. The molecule has 2 rings (SSSR count). The van der Waals surface area contributed by atoms with E-state index < -0.39 is 25.6 Å². The van der Waals surface area contributed by atoms with Crippen LogP contribution in [0.15, 0.2) is 54.6 Å². The second-order valence-electron chi connectivity index (χ2n) is 9.08. The van der Waals surface area contributed by atoms with E-state index >= 15 is 0 Å². The molecular weight excluding hydrogens is 507 g/mol. The minimum atomic E-state index is -3.53.